The van der Waals surface area contributed by atoms with E-state index < -0.39 is 5.97 Å². The van der Waals surface area contributed by atoms with E-state index in [0.717, 1.165) is 11.3 Å². The predicted octanol–water partition coefficient (Wildman–Crippen LogP) is 3.21. The van der Waals surface area contributed by atoms with Crippen LogP contribution in [0.1, 0.15) is 22.3 Å². The zero-order valence-electron chi connectivity index (χ0n) is 13.4. The molecule has 0 saturated heterocycles. The van der Waals surface area contributed by atoms with Gasteiger partial charge in [0.1, 0.15) is 11.5 Å². The molecule has 2 aromatic rings. The van der Waals surface area contributed by atoms with Crippen LogP contribution in [0.2, 0.25) is 0 Å². The van der Waals surface area contributed by atoms with Crippen molar-refractivity contribution in [2.75, 3.05) is 26.1 Å². The number of carbonyl (C=O) groups is 1. The quantitative estimate of drug-likeness (QED) is 0.482. The van der Waals surface area contributed by atoms with Crippen LogP contribution in [0.15, 0.2) is 42.5 Å². The summed E-state index contributed by atoms with van der Waals surface area (Å²) in [6.07, 6.45) is 0.704. The van der Waals surface area contributed by atoms with Crippen molar-refractivity contribution < 1.29 is 19.0 Å². The summed E-state index contributed by atoms with van der Waals surface area (Å²) < 4.78 is 15.9. The van der Waals surface area contributed by atoms with Crippen molar-refractivity contribution >= 4 is 11.7 Å². The first-order chi connectivity index (χ1) is 11.1. The van der Waals surface area contributed by atoms with Crippen LogP contribution in [0.5, 0.6) is 11.5 Å². The Bertz CT molecular complexity index is 670. The number of benzene rings is 2. The fraction of sp³-hybridized carbons (Fsp3) is 0.278. The molecule has 0 aliphatic carbocycles. The second kappa shape index (κ2) is 8.08. The number of hydrogen-bond donors (Lipinski definition) is 1. The molecule has 0 aliphatic rings. The van der Waals surface area contributed by atoms with Crippen LogP contribution in [-0.4, -0.2) is 26.3 Å². The SMILES string of the molecule is COC(=O)c1ccc(N)c(OCCCOc2cccc(C)c2)c1. The van der Waals surface area contributed by atoms with Crippen molar-refractivity contribution in [1.29, 1.82) is 0 Å². The lowest BCUT2D eigenvalue weighted by Crippen LogP contribution is -2.07. The number of rotatable bonds is 7. The number of anilines is 1. The minimum atomic E-state index is -0.419. The number of carbonyl (C=O) groups excluding carboxylic acids is 1. The van der Waals surface area contributed by atoms with Crippen LogP contribution < -0.4 is 15.2 Å². The molecule has 23 heavy (non-hydrogen) atoms. The van der Waals surface area contributed by atoms with Crippen LogP contribution in [-0.2, 0) is 4.74 Å². The summed E-state index contributed by atoms with van der Waals surface area (Å²) in [6.45, 7) is 3.01. The zero-order chi connectivity index (χ0) is 16.7. The topological polar surface area (TPSA) is 70.8 Å². The summed E-state index contributed by atoms with van der Waals surface area (Å²) in [6, 6.07) is 12.7. The number of methoxy groups -OCH3 is 1. The van der Waals surface area contributed by atoms with Crippen molar-refractivity contribution in [3.05, 3.63) is 53.6 Å². The van der Waals surface area contributed by atoms with Gasteiger partial charge in [-0.3, -0.25) is 0 Å². The van der Waals surface area contributed by atoms with Gasteiger partial charge in [0.25, 0.3) is 0 Å². The lowest BCUT2D eigenvalue weighted by molar-refractivity contribution is 0.0600. The first-order valence-corrected chi connectivity index (χ1v) is 7.40. The maximum absolute atomic E-state index is 11.5. The molecular weight excluding hydrogens is 294 g/mol. The summed E-state index contributed by atoms with van der Waals surface area (Å²) in [5.41, 5.74) is 7.90. The highest BCUT2D eigenvalue weighted by atomic mass is 16.5. The maximum atomic E-state index is 11.5. The van der Waals surface area contributed by atoms with Gasteiger partial charge >= 0.3 is 5.97 Å². The molecule has 0 spiro atoms. The van der Waals surface area contributed by atoms with Gasteiger partial charge in [0.15, 0.2) is 0 Å². The Morgan fingerprint density at radius 2 is 1.87 bits per heavy atom. The van der Waals surface area contributed by atoms with Gasteiger partial charge in [0.05, 0.1) is 31.6 Å². The van der Waals surface area contributed by atoms with Gasteiger partial charge in [0, 0.05) is 6.42 Å². The molecule has 5 heteroatoms. The molecule has 5 nitrogen and oxygen atoms in total. The van der Waals surface area contributed by atoms with E-state index in [1.165, 1.54) is 7.11 Å². The normalized spacial score (nSPS) is 10.2. The summed E-state index contributed by atoms with van der Waals surface area (Å²) >= 11 is 0. The van der Waals surface area contributed by atoms with E-state index in [1.807, 2.05) is 31.2 Å². The highest BCUT2D eigenvalue weighted by Crippen LogP contribution is 2.23. The van der Waals surface area contributed by atoms with Gasteiger partial charge in [-0.2, -0.15) is 0 Å². The number of nitrogens with two attached hydrogens (primary N) is 1. The molecule has 0 atom stereocenters. The van der Waals surface area contributed by atoms with E-state index in [2.05, 4.69) is 4.74 Å². The van der Waals surface area contributed by atoms with E-state index >= 15 is 0 Å². The van der Waals surface area contributed by atoms with Crippen LogP contribution in [0.25, 0.3) is 0 Å². The molecular formula is C18H21NO4. The summed E-state index contributed by atoms with van der Waals surface area (Å²) in [5.74, 6) is 0.901. The molecule has 0 saturated carbocycles. The molecule has 0 amide bonds. The lowest BCUT2D eigenvalue weighted by atomic mass is 10.2. The monoisotopic (exact) mass is 315 g/mol. The molecule has 2 rings (SSSR count). The highest BCUT2D eigenvalue weighted by Gasteiger charge is 2.09. The number of esters is 1. The fourth-order valence-corrected chi connectivity index (χ4v) is 2.04. The largest absolute Gasteiger partial charge is 0.493 e. The zero-order valence-corrected chi connectivity index (χ0v) is 13.4. The third-order valence-corrected chi connectivity index (χ3v) is 3.24. The molecule has 2 aromatic carbocycles. The number of hydrogen-bond acceptors (Lipinski definition) is 5. The van der Waals surface area contributed by atoms with Gasteiger partial charge in [-0.05, 0) is 42.8 Å². The first-order valence-electron chi connectivity index (χ1n) is 7.40. The Morgan fingerprint density at radius 3 is 2.61 bits per heavy atom. The average Bonchev–Trinajstić information content (AvgIpc) is 2.55. The van der Waals surface area contributed by atoms with Gasteiger partial charge in [-0.15, -0.1) is 0 Å². The summed E-state index contributed by atoms with van der Waals surface area (Å²) in [7, 11) is 1.34. The molecule has 0 heterocycles. The van der Waals surface area contributed by atoms with Crippen molar-refractivity contribution in [3.63, 3.8) is 0 Å². The van der Waals surface area contributed by atoms with Crippen molar-refractivity contribution in [2.24, 2.45) is 0 Å². The molecule has 0 unspecified atom stereocenters. The highest BCUT2D eigenvalue weighted by molar-refractivity contribution is 5.90. The van der Waals surface area contributed by atoms with Crippen LogP contribution in [0.3, 0.4) is 0 Å². The van der Waals surface area contributed by atoms with Crippen LogP contribution in [0, 0.1) is 6.92 Å². The second-order valence-corrected chi connectivity index (χ2v) is 5.11. The van der Waals surface area contributed by atoms with E-state index in [0.29, 0.717) is 36.6 Å². The Labute approximate surface area is 136 Å². The lowest BCUT2D eigenvalue weighted by Gasteiger charge is -2.11. The van der Waals surface area contributed by atoms with Crippen molar-refractivity contribution in [3.8, 4) is 11.5 Å². The Balaban J connectivity index is 1.81. The standard InChI is InChI=1S/C18H21NO4/c1-13-5-3-6-15(11-13)22-9-4-10-23-17-12-14(18(20)21-2)7-8-16(17)19/h3,5-8,11-12H,4,9-10,19H2,1-2H3. The third-order valence-electron chi connectivity index (χ3n) is 3.24. The van der Waals surface area contributed by atoms with E-state index in [1.54, 1.807) is 18.2 Å². The average molecular weight is 315 g/mol. The minimum Gasteiger partial charge on any atom is -0.493 e. The van der Waals surface area contributed by atoms with Gasteiger partial charge in [-0.1, -0.05) is 12.1 Å². The van der Waals surface area contributed by atoms with Crippen LogP contribution in [0.4, 0.5) is 5.69 Å². The number of aryl methyl sites for hydroxylation is 1. The van der Waals surface area contributed by atoms with E-state index in [-0.39, 0.29) is 0 Å². The van der Waals surface area contributed by atoms with E-state index in [9.17, 15) is 4.79 Å². The van der Waals surface area contributed by atoms with E-state index in [4.69, 9.17) is 15.2 Å². The molecule has 2 N–H and O–H groups in total. The second-order valence-electron chi connectivity index (χ2n) is 5.11. The van der Waals surface area contributed by atoms with Gasteiger partial charge in [-0.25, -0.2) is 4.79 Å². The smallest absolute Gasteiger partial charge is 0.337 e. The first kappa shape index (κ1) is 16.7. The summed E-state index contributed by atoms with van der Waals surface area (Å²) in [4.78, 5) is 11.5. The molecule has 0 fully saturated rings. The fourth-order valence-electron chi connectivity index (χ4n) is 2.04. The minimum absolute atomic E-state index is 0.410. The third kappa shape index (κ3) is 4.92. The predicted molar refractivity (Wildman–Crippen MR) is 89.0 cm³/mol. The Hall–Kier alpha value is -2.69. The molecule has 122 valence electrons. The molecule has 0 bridgehead atoms. The van der Waals surface area contributed by atoms with Gasteiger partial charge < -0.3 is 19.9 Å². The van der Waals surface area contributed by atoms with Crippen molar-refractivity contribution in [2.45, 2.75) is 13.3 Å². The van der Waals surface area contributed by atoms with Crippen molar-refractivity contribution in [1.82, 2.24) is 0 Å². The Kier molecular flexibility index (Phi) is 5.86. The molecule has 0 radical (unpaired) electrons. The number of nitrogen functional groups attached to an aromatic ring is 1. The molecule has 0 aromatic heterocycles. The van der Waals surface area contributed by atoms with Crippen LogP contribution >= 0.6 is 0 Å². The summed E-state index contributed by atoms with van der Waals surface area (Å²) in [5, 5.41) is 0. The number of ether oxygens (including phenoxy) is 3. The Morgan fingerprint density at radius 1 is 1.09 bits per heavy atom. The molecule has 0 aliphatic heterocycles. The maximum Gasteiger partial charge on any atom is 0.337 e. The van der Waals surface area contributed by atoms with Gasteiger partial charge in [0.2, 0.25) is 0 Å².